The molecule has 0 aromatic heterocycles. The van der Waals surface area contributed by atoms with E-state index in [1.165, 1.54) is 11.1 Å². The van der Waals surface area contributed by atoms with E-state index < -0.39 is 0 Å². The molecule has 26 heavy (non-hydrogen) atoms. The Morgan fingerprint density at radius 1 is 0.846 bits per heavy atom. The molecule has 0 heterocycles. The second-order valence-corrected chi connectivity index (χ2v) is 6.18. The molecule has 0 saturated heterocycles. The van der Waals surface area contributed by atoms with E-state index in [1.54, 1.807) is 0 Å². The van der Waals surface area contributed by atoms with Gasteiger partial charge in [-0.1, -0.05) is 60.7 Å². The summed E-state index contributed by atoms with van der Waals surface area (Å²) in [5.41, 5.74) is 2.48. The maximum absolute atomic E-state index is 7.50. The SMILES string of the molecule is [C-]#[O+].[Fe].[S-]C(=[SH+])N(Cc1ccccc1)Cc1ccccc1.c1cc[cH-]c1. The van der Waals surface area contributed by atoms with Gasteiger partial charge in [0.25, 0.3) is 0 Å². The van der Waals surface area contributed by atoms with Crippen LogP contribution in [0.4, 0.5) is 0 Å². The summed E-state index contributed by atoms with van der Waals surface area (Å²) >= 11 is 9.52. The molecule has 0 fully saturated rings. The third-order valence-electron chi connectivity index (χ3n) is 3.26. The molecule has 0 aliphatic carbocycles. The molecule has 0 spiro atoms. The molecule has 0 N–H and O–H groups in total. The van der Waals surface area contributed by atoms with Gasteiger partial charge in [-0.05, 0) is 11.1 Å². The van der Waals surface area contributed by atoms with E-state index >= 15 is 0 Å². The predicted molar refractivity (Wildman–Crippen MR) is 109 cm³/mol. The quantitative estimate of drug-likeness (QED) is 0.159. The third kappa shape index (κ3) is 10.4. The Morgan fingerprint density at radius 2 is 1.23 bits per heavy atom. The predicted octanol–water partition coefficient (Wildman–Crippen LogP) is 3.97. The summed E-state index contributed by atoms with van der Waals surface area (Å²) in [7, 11) is 0. The van der Waals surface area contributed by atoms with E-state index in [9.17, 15) is 0 Å². The van der Waals surface area contributed by atoms with Gasteiger partial charge in [0.05, 0.1) is 0 Å². The van der Waals surface area contributed by atoms with Gasteiger partial charge in [0.15, 0.2) is 0 Å². The van der Waals surface area contributed by atoms with Gasteiger partial charge in [0.1, 0.15) is 16.5 Å². The van der Waals surface area contributed by atoms with Crippen molar-refractivity contribution in [2.24, 2.45) is 0 Å². The smallest absolute Gasteiger partial charge is 0.146 e. The molecule has 0 saturated carbocycles. The molecular formula is C21H20FeNOS2-. The Hall–Kier alpha value is -1.55. The Kier molecular flexibility index (Phi) is 14.7. The van der Waals surface area contributed by atoms with Crippen LogP contribution in [0.5, 0.6) is 0 Å². The zero-order valence-electron chi connectivity index (χ0n) is 14.1. The minimum Gasteiger partial charge on any atom is -0.680 e. The van der Waals surface area contributed by atoms with Gasteiger partial charge >= 0.3 is 11.3 Å². The molecule has 3 rings (SSSR count). The molecule has 136 valence electrons. The molecular weight excluding hydrogens is 402 g/mol. The van der Waals surface area contributed by atoms with Crippen molar-refractivity contribution in [1.82, 2.24) is 4.90 Å². The number of nitrogens with zero attached hydrogens (tertiary/aromatic N) is 1. The Balaban J connectivity index is 0.000000664. The summed E-state index contributed by atoms with van der Waals surface area (Å²) < 4.78 is 8.13. The summed E-state index contributed by atoms with van der Waals surface area (Å²) in [4.78, 5) is 2.09. The van der Waals surface area contributed by atoms with Gasteiger partial charge in [-0.25, -0.2) is 17.0 Å². The van der Waals surface area contributed by atoms with E-state index in [2.05, 4.69) is 48.0 Å². The Labute approximate surface area is 177 Å². The van der Waals surface area contributed by atoms with Gasteiger partial charge in [0.2, 0.25) is 0 Å². The van der Waals surface area contributed by atoms with Crippen LogP contribution in [-0.4, -0.2) is 9.22 Å². The topological polar surface area (TPSA) is 23.1 Å². The van der Waals surface area contributed by atoms with Crippen molar-refractivity contribution in [3.8, 4) is 0 Å². The van der Waals surface area contributed by atoms with Crippen LogP contribution in [-0.2, 0) is 59.7 Å². The van der Waals surface area contributed by atoms with Gasteiger partial charge in [-0.3, -0.25) is 0 Å². The fourth-order valence-corrected chi connectivity index (χ4v) is 2.39. The van der Waals surface area contributed by atoms with Crippen LogP contribution < -0.4 is 0 Å². The average Bonchev–Trinajstić information content (AvgIpc) is 3.25. The van der Waals surface area contributed by atoms with Crippen molar-refractivity contribution < 1.29 is 21.7 Å². The summed E-state index contributed by atoms with van der Waals surface area (Å²) in [5.74, 6) is 0. The molecule has 2 nitrogen and oxygen atoms in total. The summed E-state index contributed by atoms with van der Waals surface area (Å²) in [5, 5.41) is 0. The molecule has 3 aromatic rings. The van der Waals surface area contributed by atoms with Gasteiger partial charge in [0, 0.05) is 30.2 Å². The number of hydrogen-bond acceptors (Lipinski definition) is 1. The number of thiol groups is 1. The van der Waals surface area contributed by atoms with E-state index in [0.29, 0.717) is 4.32 Å². The maximum Gasteiger partial charge on any atom is 0.146 e. The fourth-order valence-electron chi connectivity index (χ4n) is 2.12. The maximum atomic E-state index is 7.50. The zero-order chi connectivity index (χ0) is 18.3. The van der Waals surface area contributed by atoms with Crippen molar-refractivity contribution >= 4 is 29.2 Å². The minimum atomic E-state index is 0. The second kappa shape index (κ2) is 15.7. The molecule has 0 aliphatic rings. The van der Waals surface area contributed by atoms with Crippen LogP contribution in [0.25, 0.3) is 0 Å². The molecule has 3 aromatic carbocycles. The molecule has 5 heteroatoms. The first kappa shape index (κ1) is 24.4. The number of rotatable bonds is 4. The zero-order valence-corrected chi connectivity index (χ0v) is 17.0. The van der Waals surface area contributed by atoms with Crippen LogP contribution in [0.15, 0.2) is 91.0 Å². The van der Waals surface area contributed by atoms with Crippen LogP contribution >= 0.6 is 0 Å². The second-order valence-electron chi connectivity index (χ2n) is 5.07. The van der Waals surface area contributed by atoms with Gasteiger partial charge < -0.3 is 12.6 Å². The Bertz CT molecular complexity index is 657. The minimum absolute atomic E-state index is 0. The first-order chi connectivity index (χ1) is 12.3. The summed E-state index contributed by atoms with van der Waals surface area (Å²) in [6.45, 7) is 6.08. The molecule has 0 radical (unpaired) electrons. The van der Waals surface area contributed by atoms with Crippen molar-refractivity contribution in [1.29, 1.82) is 0 Å². The summed E-state index contributed by atoms with van der Waals surface area (Å²) in [6, 6.07) is 30.6. The molecule has 0 aliphatic heterocycles. The van der Waals surface area contributed by atoms with Crippen LogP contribution in [0.3, 0.4) is 0 Å². The van der Waals surface area contributed by atoms with Gasteiger partial charge in [-0.15, -0.1) is 0 Å². The normalized spacial score (nSPS) is 8.92. The first-order valence-electron chi connectivity index (χ1n) is 7.68. The van der Waals surface area contributed by atoms with Crippen LogP contribution in [0, 0.1) is 6.65 Å². The van der Waals surface area contributed by atoms with Crippen molar-refractivity contribution in [3.63, 3.8) is 0 Å². The third-order valence-corrected chi connectivity index (χ3v) is 3.80. The van der Waals surface area contributed by atoms with E-state index in [1.807, 2.05) is 66.7 Å². The molecule has 0 unspecified atom stereocenters. The monoisotopic (exact) mass is 422 g/mol. The first-order valence-corrected chi connectivity index (χ1v) is 8.54. The largest absolute Gasteiger partial charge is 0.680 e. The van der Waals surface area contributed by atoms with Crippen LogP contribution in [0.2, 0.25) is 0 Å². The van der Waals surface area contributed by atoms with E-state index in [0.717, 1.165) is 13.1 Å². The van der Waals surface area contributed by atoms with Crippen molar-refractivity contribution in [2.75, 3.05) is 0 Å². The standard InChI is InChI=1S/C15H15NS2.C5H5.CO.Fe/c17-15(18)16(11-13-7-3-1-4-8-13)12-14-9-5-2-6-10-14;1-2-4-5-3-1;1-2;/h1-10H,11-12H2,(H,17,18);1-5H;;/q;-1;;. The molecule has 0 bridgehead atoms. The molecule has 0 atom stereocenters. The van der Waals surface area contributed by atoms with E-state index in [4.69, 9.17) is 17.3 Å². The van der Waals surface area contributed by atoms with Crippen molar-refractivity contribution in [2.45, 2.75) is 13.1 Å². The fraction of sp³-hybridized carbons (Fsp3) is 0.0952. The Morgan fingerprint density at radius 3 is 1.50 bits per heavy atom. The van der Waals surface area contributed by atoms with Crippen molar-refractivity contribution in [3.05, 3.63) is 109 Å². The molecule has 0 amide bonds. The van der Waals surface area contributed by atoms with Gasteiger partial charge in [-0.2, -0.15) is 18.2 Å². The number of hydrogen-bond donors (Lipinski definition) is 0. The van der Waals surface area contributed by atoms with Crippen LogP contribution in [0.1, 0.15) is 11.1 Å². The number of benzene rings is 2. The van der Waals surface area contributed by atoms with E-state index in [-0.39, 0.29) is 17.1 Å². The summed E-state index contributed by atoms with van der Waals surface area (Å²) in [6.07, 6.45) is 0. The average molecular weight is 422 g/mol.